The third-order valence-electron chi connectivity index (χ3n) is 4.97. The maximum Gasteiger partial charge on any atom is 0.315 e. The van der Waals surface area contributed by atoms with Crippen molar-refractivity contribution in [2.45, 2.75) is 70.1 Å². The van der Waals surface area contributed by atoms with Gasteiger partial charge in [-0.05, 0) is 56.2 Å². The highest BCUT2D eigenvalue weighted by Crippen LogP contribution is 2.32. The molecule has 0 atom stereocenters. The summed E-state index contributed by atoms with van der Waals surface area (Å²) in [7, 11) is 1.66. The van der Waals surface area contributed by atoms with Crippen molar-refractivity contribution in [1.82, 2.24) is 10.6 Å². The molecule has 0 saturated heterocycles. The number of hydrogen-bond donors (Lipinski definition) is 2. The molecule has 2 N–H and O–H groups in total. The Morgan fingerprint density at radius 1 is 1.08 bits per heavy atom. The summed E-state index contributed by atoms with van der Waals surface area (Å²) in [4.78, 5) is 12.0. The molecule has 1 aromatic rings. The topological polar surface area (TPSA) is 59.6 Å². The summed E-state index contributed by atoms with van der Waals surface area (Å²) in [6.07, 6.45) is 9.57. The fourth-order valence-corrected chi connectivity index (χ4v) is 3.60. The minimum atomic E-state index is -0.0871. The molecule has 2 saturated carbocycles. The van der Waals surface area contributed by atoms with E-state index in [1.165, 1.54) is 25.7 Å². The molecule has 2 amide bonds. The van der Waals surface area contributed by atoms with Crippen LogP contribution in [-0.4, -0.2) is 25.3 Å². The van der Waals surface area contributed by atoms with Crippen LogP contribution in [0.15, 0.2) is 18.2 Å². The lowest BCUT2D eigenvalue weighted by atomic mass is 10.2. The molecule has 5 nitrogen and oxygen atoms in total. The van der Waals surface area contributed by atoms with Gasteiger partial charge in [0.1, 0.15) is 0 Å². The third-order valence-corrected chi connectivity index (χ3v) is 4.97. The number of hydrogen-bond acceptors (Lipinski definition) is 3. The second kappa shape index (κ2) is 8.27. The van der Waals surface area contributed by atoms with E-state index < -0.39 is 0 Å². The molecule has 2 aliphatic carbocycles. The molecule has 2 aliphatic rings. The average Bonchev–Trinajstić information content (AvgIpc) is 3.27. The van der Waals surface area contributed by atoms with Gasteiger partial charge in [-0.25, -0.2) is 4.79 Å². The Labute approximate surface area is 144 Å². The quantitative estimate of drug-likeness (QED) is 0.834. The zero-order valence-corrected chi connectivity index (χ0v) is 14.5. The molecule has 0 radical (unpaired) electrons. The largest absolute Gasteiger partial charge is 0.493 e. The van der Waals surface area contributed by atoms with Crippen LogP contribution in [0.1, 0.15) is 56.9 Å². The lowest BCUT2D eigenvalue weighted by Gasteiger charge is -2.17. The SMILES string of the molecule is COc1ccc(CNC(=O)NC2CCCC2)cc1OC1CCCC1. The number of urea groups is 1. The molecular formula is C19H28N2O3. The van der Waals surface area contributed by atoms with Crippen LogP contribution in [0.4, 0.5) is 4.79 Å². The number of carbonyl (C=O) groups excluding carboxylic acids is 1. The Balaban J connectivity index is 1.55. The Morgan fingerprint density at radius 3 is 2.50 bits per heavy atom. The van der Waals surface area contributed by atoms with E-state index in [2.05, 4.69) is 10.6 Å². The van der Waals surface area contributed by atoms with Crippen molar-refractivity contribution < 1.29 is 14.3 Å². The van der Waals surface area contributed by atoms with Gasteiger partial charge in [-0.2, -0.15) is 0 Å². The summed E-state index contributed by atoms with van der Waals surface area (Å²) in [5.41, 5.74) is 1.02. The molecule has 0 aromatic heterocycles. The summed E-state index contributed by atoms with van der Waals surface area (Å²) >= 11 is 0. The minimum absolute atomic E-state index is 0.0871. The van der Waals surface area contributed by atoms with E-state index in [-0.39, 0.29) is 12.1 Å². The number of nitrogens with one attached hydrogen (secondary N) is 2. The fraction of sp³-hybridized carbons (Fsp3) is 0.632. The van der Waals surface area contributed by atoms with Gasteiger partial charge in [0.25, 0.3) is 0 Å². The number of amides is 2. The predicted octanol–water partition coefficient (Wildman–Crippen LogP) is 3.76. The second-order valence-electron chi connectivity index (χ2n) is 6.82. The first-order chi connectivity index (χ1) is 11.7. The first-order valence-electron chi connectivity index (χ1n) is 9.12. The zero-order chi connectivity index (χ0) is 16.8. The summed E-state index contributed by atoms with van der Waals surface area (Å²) < 4.78 is 11.5. The first-order valence-corrected chi connectivity index (χ1v) is 9.12. The van der Waals surface area contributed by atoms with E-state index in [0.29, 0.717) is 12.6 Å². The predicted molar refractivity (Wildman–Crippen MR) is 93.5 cm³/mol. The molecule has 0 bridgehead atoms. The van der Waals surface area contributed by atoms with E-state index >= 15 is 0 Å². The van der Waals surface area contributed by atoms with Crippen LogP contribution in [0.25, 0.3) is 0 Å². The monoisotopic (exact) mass is 332 g/mol. The van der Waals surface area contributed by atoms with Crippen molar-refractivity contribution in [3.63, 3.8) is 0 Å². The van der Waals surface area contributed by atoms with Crippen LogP contribution in [0.2, 0.25) is 0 Å². The Morgan fingerprint density at radius 2 is 1.79 bits per heavy atom. The number of carbonyl (C=O) groups is 1. The molecule has 24 heavy (non-hydrogen) atoms. The van der Waals surface area contributed by atoms with Gasteiger partial charge < -0.3 is 20.1 Å². The summed E-state index contributed by atoms with van der Waals surface area (Å²) in [6, 6.07) is 6.11. The van der Waals surface area contributed by atoms with Crippen LogP contribution >= 0.6 is 0 Å². The molecule has 132 valence electrons. The van der Waals surface area contributed by atoms with Crippen LogP contribution in [0.3, 0.4) is 0 Å². The second-order valence-corrected chi connectivity index (χ2v) is 6.82. The summed E-state index contributed by atoms with van der Waals surface area (Å²) in [5.74, 6) is 1.53. The maximum atomic E-state index is 12.0. The standard InChI is InChI=1S/C19H28N2O3/c1-23-17-11-10-14(12-18(17)24-16-8-4-5-9-16)13-20-19(22)21-15-6-2-3-7-15/h10-12,15-16H,2-9,13H2,1H3,(H2,20,21,22). The summed E-state index contributed by atoms with van der Waals surface area (Å²) in [5, 5.41) is 5.98. The molecule has 0 spiro atoms. The summed E-state index contributed by atoms with van der Waals surface area (Å²) in [6.45, 7) is 0.490. The Bertz CT molecular complexity index is 550. The molecule has 2 fully saturated rings. The van der Waals surface area contributed by atoms with Crippen molar-refractivity contribution in [2.24, 2.45) is 0 Å². The van der Waals surface area contributed by atoms with Crippen molar-refractivity contribution in [2.75, 3.05) is 7.11 Å². The van der Waals surface area contributed by atoms with Crippen molar-refractivity contribution in [3.05, 3.63) is 23.8 Å². The molecule has 0 aliphatic heterocycles. The van der Waals surface area contributed by atoms with E-state index in [9.17, 15) is 4.79 Å². The fourth-order valence-electron chi connectivity index (χ4n) is 3.60. The van der Waals surface area contributed by atoms with Gasteiger partial charge in [0.2, 0.25) is 0 Å². The maximum absolute atomic E-state index is 12.0. The Hall–Kier alpha value is -1.91. The smallest absolute Gasteiger partial charge is 0.315 e. The van der Waals surface area contributed by atoms with E-state index in [4.69, 9.17) is 9.47 Å². The number of ether oxygens (including phenoxy) is 2. The number of benzene rings is 1. The third kappa shape index (κ3) is 4.56. The molecule has 1 aromatic carbocycles. The van der Waals surface area contributed by atoms with E-state index in [1.807, 2.05) is 18.2 Å². The van der Waals surface area contributed by atoms with Gasteiger partial charge in [-0.15, -0.1) is 0 Å². The van der Waals surface area contributed by atoms with Gasteiger partial charge in [0.15, 0.2) is 11.5 Å². The molecule has 3 rings (SSSR count). The average molecular weight is 332 g/mol. The van der Waals surface area contributed by atoms with Gasteiger partial charge in [0, 0.05) is 12.6 Å². The highest BCUT2D eigenvalue weighted by Gasteiger charge is 2.19. The first kappa shape index (κ1) is 16.9. The van der Waals surface area contributed by atoms with E-state index in [1.54, 1.807) is 7.11 Å². The van der Waals surface area contributed by atoms with Crippen LogP contribution in [-0.2, 0) is 6.54 Å². The normalized spacial score (nSPS) is 18.5. The van der Waals surface area contributed by atoms with Crippen molar-refractivity contribution in [3.8, 4) is 11.5 Å². The van der Waals surface area contributed by atoms with Gasteiger partial charge in [-0.1, -0.05) is 18.9 Å². The minimum Gasteiger partial charge on any atom is -0.493 e. The highest BCUT2D eigenvalue weighted by atomic mass is 16.5. The highest BCUT2D eigenvalue weighted by molar-refractivity contribution is 5.74. The number of rotatable bonds is 6. The molecular weight excluding hydrogens is 304 g/mol. The van der Waals surface area contributed by atoms with Crippen LogP contribution in [0.5, 0.6) is 11.5 Å². The van der Waals surface area contributed by atoms with Crippen molar-refractivity contribution >= 4 is 6.03 Å². The van der Waals surface area contributed by atoms with Gasteiger partial charge in [-0.3, -0.25) is 0 Å². The Kier molecular flexibility index (Phi) is 5.83. The molecule has 5 heteroatoms. The van der Waals surface area contributed by atoms with Gasteiger partial charge >= 0.3 is 6.03 Å². The van der Waals surface area contributed by atoms with Crippen molar-refractivity contribution in [1.29, 1.82) is 0 Å². The van der Waals surface area contributed by atoms with Crippen LogP contribution in [0, 0.1) is 0 Å². The van der Waals surface area contributed by atoms with E-state index in [0.717, 1.165) is 42.7 Å². The number of methoxy groups -OCH3 is 1. The lowest BCUT2D eigenvalue weighted by molar-refractivity contribution is 0.200. The zero-order valence-electron chi connectivity index (χ0n) is 14.5. The molecule has 0 unspecified atom stereocenters. The van der Waals surface area contributed by atoms with Gasteiger partial charge in [0.05, 0.1) is 13.2 Å². The molecule has 0 heterocycles. The lowest BCUT2D eigenvalue weighted by Crippen LogP contribution is -2.40. The van der Waals surface area contributed by atoms with Crippen LogP contribution < -0.4 is 20.1 Å².